The van der Waals surface area contributed by atoms with Gasteiger partial charge in [0.15, 0.2) is 0 Å². The van der Waals surface area contributed by atoms with E-state index in [9.17, 15) is 0 Å². The van der Waals surface area contributed by atoms with Crippen molar-refractivity contribution in [2.75, 3.05) is 5.73 Å². The summed E-state index contributed by atoms with van der Waals surface area (Å²) >= 11 is 0. The van der Waals surface area contributed by atoms with Gasteiger partial charge in [-0.1, -0.05) is 26.8 Å². The van der Waals surface area contributed by atoms with Crippen LogP contribution in [0.5, 0.6) is 0 Å². The third kappa shape index (κ3) is 2.08. The van der Waals surface area contributed by atoms with Gasteiger partial charge in [-0.05, 0) is 18.2 Å². The van der Waals surface area contributed by atoms with Crippen LogP contribution in [0.2, 0.25) is 0 Å². The Morgan fingerprint density at radius 1 is 1.25 bits per heavy atom. The zero-order valence-electron chi connectivity index (χ0n) is 9.82. The zero-order valence-corrected chi connectivity index (χ0v) is 9.82. The van der Waals surface area contributed by atoms with Crippen molar-refractivity contribution in [2.45, 2.75) is 26.2 Å². The van der Waals surface area contributed by atoms with Crippen molar-refractivity contribution in [3.63, 3.8) is 0 Å². The number of oxazole rings is 1. The molecule has 0 aliphatic carbocycles. The number of benzene rings is 1. The van der Waals surface area contributed by atoms with Gasteiger partial charge >= 0.3 is 0 Å². The van der Waals surface area contributed by atoms with Gasteiger partial charge in [-0.15, -0.1) is 0 Å². The average Bonchev–Trinajstić information content (AvgIpc) is 2.65. The first-order chi connectivity index (χ1) is 7.47. The van der Waals surface area contributed by atoms with Gasteiger partial charge in [0.2, 0.25) is 5.89 Å². The van der Waals surface area contributed by atoms with Crippen LogP contribution in [0, 0.1) is 0 Å². The van der Waals surface area contributed by atoms with E-state index in [1.807, 2.05) is 24.3 Å². The quantitative estimate of drug-likeness (QED) is 0.744. The molecule has 0 atom stereocenters. The van der Waals surface area contributed by atoms with Gasteiger partial charge in [0.25, 0.3) is 0 Å². The van der Waals surface area contributed by atoms with Crippen molar-refractivity contribution < 1.29 is 4.42 Å². The highest BCUT2D eigenvalue weighted by molar-refractivity contribution is 5.59. The number of nitrogen functional groups attached to an aromatic ring is 1. The number of anilines is 1. The summed E-state index contributed by atoms with van der Waals surface area (Å²) in [7, 11) is 0. The molecule has 84 valence electrons. The molecule has 0 saturated carbocycles. The highest BCUT2D eigenvalue weighted by Crippen LogP contribution is 2.27. The van der Waals surface area contributed by atoms with E-state index in [0.29, 0.717) is 11.6 Å². The van der Waals surface area contributed by atoms with E-state index in [-0.39, 0.29) is 5.41 Å². The maximum Gasteiger partial charge on any atom is 0.226 e. The van der Waals surface area contributed by atoms with Crippen LogP contribution in [0.1, 0.15) is 26.5 Å². The van der Waals surface area contributed by atoms with Crippen LogP contribution >= 0.6 is 0 Å². The first kappa shape index (κ1) is 10.7. The Balaban J connectivity index is 2.39. The number of aromatic nitrogens is 1. The van der Waals surface area contributed by atoms with E-state index in [2.05, 4.69) is 25.8 Å². The molecule has 0 amide bonds. The molecule has 0 spiro atoms. The van der Waals surface area contributed by atoms with Crippen molar-refractivity contribution >= 4 is 5.69 Å². The Morgan fingerprint density at radius 3 is 2.56 bits per heavy atom. The molecule has 16 heavy (non-hydrogen) atoms. The Kier molecular flexibility index (Phi) is 2.46. The first-order valence-corrected chi connectivity index (χ1v) is 5.29. The molecular formula is C13H16N2O. The van der Waals surface area contributed by atoms with Gasteiger partial charge in [0, 0.05) is 16.7 Å². The van der Waals surface area contributed by atoms with Crippen LogP contribution < -0.4 is 5.73 Å². The van der Waals surface area contributed by atoms with Crippen molar-refractivity contribution in [1.82, 2.24) is 4.98 Å². The minimum absolute atomic E-state index is 0.0222. The standard InChI is InChI=1S/C13H16N2O/c1-13(2,3)11-8-15-12(16-11)9-5-4-6-10(14)7-9/h4-8H,14H2,1-3H3. The lowest BCUT2D eigenvalue weighted by molar-refractivity contribution is 0.416. The molecule has 0 aliphatic heterocycles. The molecule has 2 rings (SSSR count). The summed E-state index contributed by atoms with van der Waals surface area (Å²) in [5, 5.41) is 0. The van der Waals surface area contributed by atoms with E-state index in [1.165, 1.54) is 0 Å². The molecule has 0 bridgehead atoms. The summed E-state index contributed by atoms with van der Waals surface area (Å²) < 4.78 is 5.72. The number of nitrogens with two attached hydrogens (primary N) is 1. The average molecular weight is 216 g/mol. The lowest BCUT2D eigenvalue weighted by Gasteiger charge is -2.13. The van der Waals surface area contributed by atoms with Crippen LogP contribution in [-0.4, -0.2) is 4.98 Å². The van der Waals surface area contributed by atoms with Gasteiger partial charge in [-0.2, -0.15) is 0 Å². The fourth-order valence-electron chi connectivity index (χ4n) is 1.43. The summed E-state index contributed by atoms with van der Waals surface area (Å²) in [4.78, 5) is 4.27. The minimum atomic E-state index is -0.0222. The van der Waals surface area contributed by atoms with Gasteiger partial charge < -0.3 is 10.2 Å². The van der Waals surface area contributed by atoms with Crippen LogP contribution in [0.3, 0.4) is 0 Å². The molecule has 3 nitrogen and oxygen atoms in total. The third-order valence-electron chi connectivity index (χ3n) is 2.38. The van der Waals surface area contributed by atoms with E-state index < -0.39 is 0 Å². The van der Waals surface area contributed by atoms with Gasteiger partial charge in [0.05, 0.1) is 6.20 Å². The predicted molar refractivity (Wildman–Crippen MR) is 65.1 cm³/mol. The number of hydrogen-bond acceptors (Lipinski definition) is 3. The van der Waals surface area contributed by atoms with Crippen LogP contribution in [-0.2, 0) is 5.41 Å². The molecule has 0 saturated heterocycles. The highest BCUT2D eigenvalue weighted by atomic mass is 16.4. The fourth-order valence-corrected chi connectivity index (χ4v) is 1.43. The highest BCUT2D eigenvalue weighted by Gasteiger charge is 2.19. The second-order valence-electron chi connectivity index (χ2n) is 4.91. The molecule has 0 radical (unpaired) electrons. The molecule has 1 aromatic carbocycles. The Hall–Kier alpha value is -1.77. The molecule has 1 heterocycles. The maximum atomic E-state index is 5.72. The monoisotopic (exact) mass is 216 g/mol. The van der Waals surface area contributed by atoms with Gasteiger partial charge in [-0.25, -0.2) is 4.98 Å². The second kappa shape index (κ2) is 3.67. The summed E-state index contributed by atoms with van der Waals surface area (Å²) in [6.45, 7) is 6.28. The van der Waals surface area contributed by atoms with Crippen molar-refractivity contribution in [3.05, 3.63) is 36.2 Å². The van der Waals surface area contributed by atoms with Crippen LogP contribution in [0.4, 0.5) is 5.69 Å². The van der Waals surface area contributed by atoms with Gasteiger partial charge in [-0.3, -0.25) is 0 Å². The third-order valence-corrected chi connectivity index (χ3v) is 2.38. The fraction of sp³-hybridized carbons (Fsp3) is 0.308. The van der Waals surface area contributed by atoms with Crippen molar-refractivity contribution in [2.24, 2.45) is 0 Å². The zero-order chi connectivity index (χ0) is 11.8. The number of hydrogen-bond donors (Lipinski definition) is 1. The molecular weight excluding hydrogens is 200 g/mol. The van der Waals surface area contributed by atoms with E-state index in [0.717, 1.165) is 11.3 Å². The van der Waals surface area contributed by atoms with Crippen LogP contribution in [0.15, 0.2) is 34.9 Å². The van der Waals surface area contributed by atoms with E-state index >= 15 is 0 Å². The SMILES string of the molecule is CC(C)(C)c1cnc(-c2cccc(N)c2)o1. The summed E-state index contributed by atoms with van der Waals surface area (Å²) in [6.07, 6.45) is 1.78. The largest absolute Gasteiger partial charge is 0.441 e. The summed E-state index contributed by atoms with van der Waals surface area (Å²) in [5.41, 5.74) is 7.33. The molecule has 2 aromatic rings. The van der Waals surface area contributed by atoms with Crippen LogP contribution in [0.25, 0.3) is 11.5 Å². The molecule has 0 fully saturated rings. The number of rotatable bonds is 1. The summed E-state index contributed by atoms with van der Waals surface area (Å²) in [5.74, 6) is 1.50. The van der Waals surface area contributed by atoms with Gasteiger partial charge in [0.1, 0.15) is 5.76 Å². The smallest absolute Gasteiger partial charge is 0.226 e. The number of nitrogens with zero attached hydrogens (tertiary/aromatic N) is 1. The lowest BCUT2D eigenvalue weighted by Crippen LogP contribution is -2.09. The maximum absolute atomic E-state index is 5.72. The van der Waals surface area contributed by atoms with E-state index in [4.69, 9.17) is 10.2 Å². The lowest BCUT2D eigenvalue weighted by atomic mass is 9.94. The Morgan fingerprint density at radius 2 is 2.00 bits per heavy atom. The molecule has 0 unspecified atom stereocenters. The van der Waals surface area contributed by atoms with E-state index in [1.54, 1.807) is 6.20 Å². The predicted octanol–water partition coefficient (Wildman–Crippen LogP) is 3.22. The molecule has 0 aliphatic rings. The Labute approximate surface area is 95.3 Å². The first-order valence-electron chi connectivity index (χ1n) is 5.29. The van der Waals surface area contributed by atoms with Crippen molar-refractivity contribution in [3.8, 4) is 11.5 Å². The molecule has 3 heteroatoms. The Bertz CT molecular complexity index is 495. The molecule has 2 N–H and O–H groups in total. The normalized spacial score (nSPS) is 11.7. The second-order valence-corrected chi connectivity index (χ2v) is 4.91. The minimum Gasteiger partial charge on any atom is -0.441 e. The topological polar surface area (TPSA) is 52.0 Å². The van der Waals surface area contributed by atoms with Crippen molar-refractivity contribution in [1.29, 1.82) is 0 Å². The summed E-state index contributed by atoms with van der Waals surface area (Å²) in [6, 6.07) is 7.54. The molecule has 1 aromatic heterocycles.